The number of carbonyl (C=O) groups is 2. The summed E-state index contributed by atoms with van der Waals surface area (Å²) < 4.78 is 0. The molecule has 0 bridgehead atoms. The molecule has 0 amide bonds. The summed E-state index contributed by atoms with van der Waals surface area (Å²) in [6.07, 6.45) is 7.32. The summed E-state index contributed by atoms with van der Waals surface area (Å²) in [5, 5.41) is 36.3. The van der Waals surface area contributed by atoms with Gasteiger partial charge in [-0.3, -0.25) is 0 Å². The van der Waals surface area contributed by atoms with Gasteiger partial charge in [0.2, 0.25) is 0 Å². The van der Waals surface area contributed by atoms with Gasteiger partial charge in [0.1, 0.15) is 0 Å². The number of aromatic carboxylic acids is 2. The summed E-state index contributed by atoms with van der Waals surface area (Å²) in [7, 11) is 0. The highest BCUT2D eigenvalue weighted by molar-refractivity contribution is 5.87. The number of aliphatic hydroxyl groups is 2. The van der Waals surface area contributed by atoms with Crippen molar-refractivity contribution in [2.75, 3.05) is 0 Å². The van der Waals surface area contributed by atoms with Crippen LogP contribution in [0, 0.1) is 11.8 Å². The lowest BCUT2D eigenvalue weighted by Crippen LogP contribution is -2.28. The molecule has 4 unspecified atom stereocenters. The molecule has 0 heterocycles. The van der Waals surface area contributed by atoms with E-state index in [0.29, 0.717) is 23.0 Å². The number of unbranched alkanes of at least 4 members (excludes halogenated alkanes) is 2. The number of carboxylic acids is 2. The number of carboxylic acid groups (broad SMARTS) is 2. The topological polar surface area (TPSA) is 115 Å². The van der Waals surface area contributed by atoms with Gasteiger partial charge in [0.25, 0.3) is 0 Å². The van der Waals surface area contributed by atoms with Crippen LogP contribution in [0.3, 0.4) is 0 Å². The van der Waals surface area contributed by atoms with Crippen molar-refractivity contribution in [2.45, 2.75) is 84.8 Å². The smallest absolute Gasteiger partial charge is 0.335 e. The van der Waals surface area contributed by atoms with Crippen LogP contribution in [0.5, 0.6) is 0 Å². The quantitative estimate of drug-likeness (QED) is 0.270. The maximum atomic E-state index is 10.2. The number of hydrogen-bond acceptors (Lipinski definition) is 4. The van der Waals surface area contributed by atoms with Gasteiger partial charge in [0, 0.05) is 0 Å². The van der Waals surface area contributed by atoms with Crippen LogP contribution in [0.2, 0.25) is 0 Å². The lowest BCUT2D eigenvalue weighted by Gasteiger charge is -2.30. The average Bonchev–Trinajstić information content (AvgIpc) is 2.84. The molecule has 196 valence electrons. The lowest BCUT2D eigenvalue weighted by molar-refractivity contribution is 0.0506. The third-order valence-electron chi connectivity index (χ3n) is 5.73. The van der Waals surface area contributed by atoms with Crippen molar-refractivity contribution in [3.63, 3.8) is 0 Å². The summed E-state index contributed by atoms with van der Waals surface area (Å²) in [6.45, 7) is 8.15. The molecule has 0 aliphatic carbocycles. The molecule has 0 radical (unpaired) electrons. The number of benzene rings is 2. The molecule has 2 rings (SSSR count). The zero-order valence-corrected chi connectivity index (χ0v) is 21.6. The predicted octanol–water partition coefficient (Wildman–Crippen LogP) is 6.52. The fourth-order valence-corrected chi connectivity index (χ4v) is 3.88. The van der Waals surface area contributed by atoms with Crippen molar-refractivity contribution >= 4 is 11.9 Å². The molecule has 4 atom stereocenters. The van der Waals surface area contributed by atoms with E-state index in [1.54, 1.807) is 60.7 Å². The van der Waals surface area contributed by atoms with Crippen molar-refractivity contribution in [2.24, 2.45) is 11.8 Å². The van der Waals surface area contributed by atoms with Gasteiger partial charge in [-0.2, -0.15) is 0 Å². The van der Waals surface area contributed by atoms with Gasteiger partial charge in [-0.25, -0.2) is 9.59 Å². The SMILES string of the molecule is CCCCC(CC(C)O)C(CCCC)C(C)O.O=C(O)c1ccccc1.O=C(O)c1ccccc1. The van der Waals surface area contributed by atoms with E-state index >= 15 is 0 Å². The van der Waals surface area contributed by atoms with Gasteiger partial charge in [-0.1, -0.05) is 82.3 Å². The molecule has 0 aliphatic heterocycles. The first-order valence-corrected chi connectivity index (χ1v) is 12.6. The molecular formula is C29H44O6. The predicted molar refractivity (Wildman–Crippen MR) is 141 cm³/mol. The zero-order chi connectivity index (χ0) is 26.6. The minimum atomic E-state index is -0.879. The summed E-state index contributed by atoms with van der Waals surface area (Å²) in [6, 6.07) is 16.6. The van der Waals surface area contributed by atoms with Crippen LogP contribution in [0.4, 0.5) is 0 Å². The molecule has 6 heteroatoms. The van der Waals surface area contributed by atoms with Crippen molar-refractivity contribution in [3.8, 4) is 0 Å². The molecular weight excluding hydrogens is 444 g/mol. The molecule has 2 aromatic rings. The van der Waals surface area contributed by atoms with E-state index in [1.807, 2.05) is 13.8 Å². The Morgan fingerprint density at radius 2 is 1.11 bits per heavy atom. The van der Waals surface area contributed by atoms with Gasteiger partial charge in [-0.05, 0) is 62.8 Å². The molecule has 35 heavy (non-hydrogen) atoms. The van der Waals surface area contributed by atoms with E-state index < -0.39 is 11.9 Å². The first kappa shape index (κ1) is 32.3. The van der Waals surface area contributed by atoms with Crippen LogP contribution >= 0.6 is 0 Å². The minimum Gasteiger partial charge on any atom is -0.478 e. The van der Waals surface area contributed by atoms with Gasteiger partial charge >= 0.3 is 11.9 Å². The monoisotopic (exact) mass is 488 g/mol. The molecule has 0 spiro atoms. The largest absolute Gasteiger partial charge is 0.478 e. The fourth-order valence-electron chi connectivity index (χ4n) is 3.88. The molecule has 0 aliphatic rings. The van der Waals surface area contributed by atoms with E-state index in [2.05, 4.69) is 13.8 Å². The number of rotatable bonds is 12. The van der Waals surface area contributed by atoms with Crippen molar-refractivity contribution in [1.29, 1.82) is 0 Å². The van der Waals surface area contributed by atoms with Gasteiger partial charge in [0.15, 0.2) is 0 Å². The standard InChI is InChI=1S/C15H32O2.2C7H6O2/c1-5-7-9-14(11-12(3)16)15(13(4)17)10-8-6-2;2*8-7(9)6-4-2-1-3-5-6/h12-17H,5-11H2,1-4H3;2*1-5H,(H,8,9). The molecule has 0 fully saturated rings. The van der Waals surface area contributed by atoms with Gasteiger partial charge in [0.05, 0.1) is 23.3 Å². The second-order valence-electron chi connectivity index (χ2n) is 8.88. The fraction of sp³-hybridized carbons (Fsp3) is 0.517. The van der Waals surface area contributed by atoms with Gasteiger partial charge in [-0.15, -0.1) is 0 Å². The van der Waals surface area contributed by atoms with Crippen molar-refractivity contribution in [1.82, 2.24) is 0 Å². The maximum absolute atomic E-state index is 10.2. The van der Waals surface area contributed by atoms with Crippen LogP contribution in [0.25, 0.3) is 0 Å². The van der Waals surface area contributed by atoms with Crippen LogP contribution in [0.1, 0.15) is 93.4 Å². The second kappa shape index (κ2) is 19.6. The Labute approximate surface area is 210 Å². The number of aliphatic hydroxyl groups excluding tert-OH is 2. The highest BCUT2D eigenvalue weighted by Crippen LogP contribution is 2.30. The second-order valence-corrected chi connectivity index (χ2v) is 8.88. The summed E-state index contributed by atoms with van der Waals surface area (Å²) in [5.74, 6) is -0.927. The first-order chi connectivity index (χ1) is 16.6. The highest BCUT2D eigenvalue weighted by Gasteiger charge is 2.25. The Balaban J connectivity index is 0.000000538. The van der Waals surface area contributed by atoms with Crippen LogP contribution in [-0.2, 0) is 0 Å². The Morgan fingerprint density at radius 1 is 0.714 bits per heavy atom. The molecule has 2 aromatic carbocycles. The van der Waals surface area contributed by atoms with E-state index in [1.165, 1.54) is 25.7 Å². The zero-order valence-electron chi connectivity index (χ0n) is 21.6. The number of hydrogen-bond donors (Lipinski definition) is 4. The summed E-state index contributed by atoms with van der Waals surface area (Å²) >= 11 is 0. The van der Waals surface area contributed by atoms with E-state index in [-0.39, 0.29) is 12.2 Å². The van der Waals surface area contributed by atoms with Crippen LogP contribution < -0.4 is 0 Å². The third kappa shape index (κ3) is 15.8. The molecule has 0 saturated heterocycles. The first-order valence-electron chi connectivity index (χ1n) is 12.6. The van der Waals surface area contributed by atoms with Crippen molar-refractivity contribution in [3.05, 3.63) is 71.8 Å². The summed E-state index contributed by atoms with van der Waals surface area (Å²) in [4.78, 5) is 20.4. The van der Waals surface area contributed by atoms with E-state index in [9.17, 15) is 19.8 Å². The van der Waals surface area contributed by atoms with Crippen LogP contribution in [-0.4, -0.2) is 44.6 Å². The normalized spacial score (nSPS) is 13.7. The van der Waals surface area contributed by atoms with Crippen LogP contribution in [0.15, 0.2) is 60.7 Å². The Hall–Kier alpha value is -2.70. The van der Waals surface area contributed by atoms with E-state index in [4.69, 9.17) is 10.2 Å². The molecule has 0 saturated carbocycles. The third-order valence-corrected chi connectivity index (χ3v) is 5.73. The molecule has 0 aromatic heterocycles. The highest BCUT2D eigenvalue weighted by atomic mass is 16.4. The van der Waals surface area contributed by atoms with Gasteiger partial charge < -0.3 is 20.4 Å². The molecule has 6 nitrogen and oxygen atoms in total. The van der Waals surface area contributed by atoms with Crippen molar-refractivity contribution < 1.29 is 30.0 Å². The molecule has 4 N–H and O–H groups in total. The lowest BCUT2D eigenvalue weighted by atomic mass is 9.78. The van der Waals surface area contributed by atoms with E-state index in [0.717, 1.165) is 19.3 Å². The maximum Gasteiger partial charge on any atom is 0.335 e. The Kier molecular flexibility index (Phi) is 18.1. The average molecular weight is 489 g/mol. The summed E-state index contributed by atoms with van der Waals surface area (Å²) in [5.41, 5.74) is 0.662. The Morgan fingerprint density at radius 3 is 1.40 bits per heavy atom. The minimum absolute atomic E-state index is 0.248. The Bertz CT molecular complexity index is 740.